The number of nitrogens with two attached hydrogens (primary N) is 1. The summed E-state index contributed by atoms with van der Waals surface area (Å²) >= 11 is 0.916. The minimum atomic E-state index is -0.694. The van der Waals surface area contributed by atoms with Crippen molar-refractivity contribution in [1.29, 1.82) is 0 Å². The van der Waals surface area contributed by atoms with Crippen LogP contribution in [0.3, 0.4) is 0 Å². The quantitative estimate of drug-likeness (QED) is 0.437. The molecule has 33 heavy (non-hydrogen) atoms. The lowest BCUT2D eigenvalue weighted by atomic mass is 10.1. The predicted molar refractivity (Wildman–Crippen MR) is 125 cm³/mol. The molecule has 2 amide bonds. The normalized spacial score (nSPS) is 10.8. The third kappa shape index (κ3) is 5.81. The highest BCUT2D eigenvalue weighted by Crippen LogP contribution is 2.34. The van der Waals surface area contributed by atoms with Crippen molar-refractivity contribution in [2.45, 2.75) is 46.8 Å². The number of nitrogens with one attached hydrogen (secondary N) is 1. The van der Waals surface area contributed by atoms with Gasteiger partial charge in [-0.3, -0.25) is 9.59 Å². The number of carbonyl (C=O) groups is 3. The number of primary amides is 1. The van der Waals surface area contributed by atoms with Crippen LogP contribution in [0, 0.1) is 6.92 Å². The van der Waals surface area contributed by atoms with E-state index in [1.807, 2.05) is 24.3 Å². The number of carbonyl (C=O) groups excluding carboxylic acids is 3. The van der Waals surface area contributed by atoms with Crippen molar-refractivity contribution < 1.29 is 28.3 Å². The van der Waals surface area contributed by atoms with Crippen LogP contribution < -0.4 is 15.8 Å². The molecule has 0 aliphatic heterocycles. The molecule has 0 unspecified atom stereocenters. The summed E-state index contributed by atoms with van der Waals surface area (Å²) in [6.45, 7) is 7.22. The molecule has 2 aromatic heterocycles. The minimum Gasteiger partial charge on any atom is -0.486 e. The van der Waals surface area contributed by atoms with E-state index in [4.69, 9.17) is 19.6 Å². The number of rotatable bonds is 9. The zero-order valence-corrected chi connectivity index (χ0v) is 19.7. The second-order valence-corrected chi connectivity index (χ2v) is 8.61. The lowest BCUT2D eigenvalue weighted by molar-refractivity contribution is 0.0379. The van der Waals surface area contributed by atoms with Crippen LogP contribution in [0.25, 0.3) is 0 Å². The Hall–Kier alpha value is -3.59. The number of anilines is 1. The van der Waals surface area contributed by atoms with Gasteiger partial charge in [0.15, 0.2) is 5.76 Å². The SMILES string of the molecule is CCc1ccc(OCc2ccc(C(=O)Nc3sc(C(N)=O)c(C)c3C(=O)OC(C)C)o2)cc1. The zero-order chi connectivity index (χ0) is 24.1. The number of amides is 2. The smallest absolute Gasteiger partial charge is 0.341 e. The van der Waals surface area contributed by atoms with E-state index < -0.39 is 17.8 Å². The van der Waals surface area contributed by atoms with Gasteiger partial charge in [0, 0.05) is 0 Å². The van der Waals surface area contributed by atoms with Crippen LogP contribution in [0.2, 0.25) is 0 Å². The van der Waals surface area contributed by atoms with Crippen LogP contribution in [-0.4, -0.2) is 23.9 Å². The van der Waals surface area contributed by atoms with Crippen LogP contribution in [-0.2, 0) is 17.8 Å². The second-order valence-electron chi connectivity index (χ2n) is 7.58. The minimum absolute atomic E-state index is 0.0322. The lowest BCUT2D eigenvalue weighted by Gasteiger charge is -2.10. The first kappa shape index (κ1) is 24.1. The molecule has 0 atom stereocenters. The van der Waals surface area contributed by atoms with Gasteiger partial charge in [0.1, 0.15) is 23.1 Å². The van der Waals surface area contributed by atoms with E-state index >= 15 is 0 Å². The predicted octanol–water partition coefficient (Wildman–Crippen LogP) is 4.71. The van der Waals surface area contributed by atoms with Crippen molar-refractivity contribution >= 4 is 34.1 Å². The summed E-state index contributed by atoms with van der Waals surface area (Å²) in [5.41, 5.74) is 7.08. The summed E-state index contributed by atoms with van der Waals surface area (Å²) in [6.07, 6.45) is 0.571. The summed E-state index contributed by atoms with van der Waals surface area (Å²) in [7, 11) is 0. The molecular weight excluding hydrogens is 444 g/mol. The summed E-state index contributed by atoms with van der Waals surface area (Å²) in [5.74, 6) is -0.741. The van der Waals surface area contributed by atoms with E-state index in [-0.39, 0.29) is 33.9 Å². The standard InChI is InChI=1S/C24H26N2O6S/c1-5-15-6-8-16(9-7-15)30-12-17-10-11-18(32-17)22(28)26-23-19(24(29)31-13(2)3)14(4)20(33-23)21(25)27/h6-11,13H,5,12H2,1-4H3,(H2,25,27)(H,26,28). The summed E-state index contributed by atoms with van der Waals surface area (Å²) < 4.78 is 16.5. The fraction of sp³-hybridized carbons (Fsp3) is 0.292. The number of hydrogen-bond donors (Lipinski definition) is 2. The number of ether oxygens (including phenoxy) is 2. The first-order chi connectivity index (χ1) is 15.7. The number of thiophene rings is 1. The highest BCUT2D eigenvalue weighted by atomic mass is 32.1. The van der Waals surface area contributed by atoms with Crippen molar-refractivity contribution in [2.24, 2.45) is 5.73 Å². The van der Waals surface area contributed by atoms with Crippen molar-refractivity contribution in [3.63, 3.8) is 0 Å². The fourth-order valence-corrected chi connectivity index (χ4v) is 4.12. The molecule has 3 N–H and O–H groups in total. The van der Waals surface area contributed by atoms with Gasteiger partial charge in [0.05, 0.1) is 16.5 Å². The average molecular weight is 471 g/mol. The number of hydrogen-bond acceptors (Lipinski definition) is 7. The molecule has 0 fully saturated rings. The molecule has 0 aliphatic rings. The van der Waals surface area contributed by atoms with E-state index in [9.17, 15) is 14.4 Å². The first-order valence-corrected chi connectivity index (χ1v) is 11.3. The van der Waals surface area contributed by atoms with Crippen LogP contribution in [0.4, 0.5) is 5.00 Å². The van der Waals surface area contributed by atoms with Gasteiger partial charge in [-0.25, -0.2) is 4.79 Å². The Labute approximate surface area is 195 Å². The Bertz CT molecular complexity index is 1160. The molecule has 1 aromatic carbocycles. The number of esters is 1. The maximum absolute atomic E-state index is 12.8. The van der Waals surface area contributed by atoms with E-state index in [0.29, 0.717) is 17.1 Å². The molecule has 3 aromatic rings. The second kappa shape index (κ2) is 10.4. The topological polar surface area (TPSA) is 121 Å². The van der Waals surface area contributed by atoms with Gasteiger partial charge in [-0.2, -0.15) is 0 Å². The van der Waals surface area contributed by atoms with Crippen LogP contribution in [0.1, 0.15) is 68.2 Å². The van der Waals surface area contributed by atoms with Crippen molar-refractivity contribution in [1.82, 2.24) is 0 Å². The molecule has 174 valence electrons. The van der Waals surface area contributed by atoms with E-state index in [0.717, 1.165) is 17.8 Å². The fourth-order valence-electron chi connectivity index (χ4n) is 3.07. The monoisotopic (exact) mass is 470 g/mol. The zero-order valence-electron chi connectivity index (χ0n) is 18.9. The molecule has 0 aliphatic carbocycles. The van der Waals surface area contributed by atoms with Crippen LogP contribution in [0.15, 0.2) is 40.8 Å². The summed E-state index contributed by atoms with van der Waals surface area (Å²) in [6, 6.07) is 10.9. The Morgan fingerprint density at radius 3 is 2.42 bits per heavy atom. The molecule has 0 spiro atoms. The molecule has 2 heterocycles. The Balaban J connectivity index is 1.73. The third-order valence-corrected chi connectivity index (χ3v) is 5.96. The number of furan rings is 1. The van der Waals surface area contributed by atoms with Crippen LogP contribution in [0.5, 0.6) is 5.75 Å². The number of aryl methyl sites for hydroxylation is 1. The Morgan fingerprint density at radius 1 is 1.12 bits per heavy atom. The largest absolute Gasteiger partial charge is 0.486 e. The van der Waals surface area contributed by atoms with Crippen LogP contribution >= 0.6 is 11.3 Å². The van der Waals surface area contributed by atoms with E-state index in [1.54, 1.807) is 26.8 Å². The van der Waals surface area contributed by atoms with Gasteiger partial charge in [0.25, 0.3) is 11.8 Å². The molecule has 0 radical (unpaired) electrons. The van der Waals surface area contributed by atoms with Gasteiger partial charge in [-0.05, 0) is 62.6 Å². The molecule has 8 nitrogen and oxygen atoms in total. The van der Waals surface area contributed by atoms with Gasteiger partial charge in [-0.15, -0.1) is 11.3 Å². The highest BCUT2D eigenvalue weighted by Gasteiger charge is 2.27. The van der Waals surface area contributed by atoms with Crippen molar-refractivity contribution in [2.75, 3.05) is 5.32 Å². The molecule has 9 heteroatoms. The Morgan fingerprint density at radius 2 is 1.82 bits per heavy atom. The van der Waals surface area contributed by atoms with Gasteiger partial charge in [0.2, 0.25) is 0 Å². The molecule has 3 rings (SSSR count). The molecule has 0 saturated carbocycles. The molecular formula is C24H26N2O6S. The number of benzene rings is 1. The average Bonchev–Trinajstić information content (AvgIpc) is 3.36. The van der Waals surface area contributed by atoms with E-state index in [1.165, 1.54) is 11.6 Å². The first-order valence-electron chi connectivity index (χ1n) is 10.5. The van der Waals surface area contributed by atoms with Gasteiger partial charge >= 0.3 is 5.97 Å². The van der Waals surface area contributed by atoms with Gasteiger partial charge < -0.3 is 24.9 Å². The summed E-state index contributed by atoms with van der Waals surface area (Å²) in [4.78, 5) is 37.2. The maximum Gasteiger partial charge on any atom is 0.341 e. The third-order valence-electron chi connectivity index (χ3n) is 4.74. The highest BCUT2D eigenvalue weighted by molar-refractivity contribution is 7.18. The maximum atomic E-state index is 12.8. The Kier molecular flexibility index (Phi) is 7.55. The van der Waals surface area contributed by atoms with E-state index in [2.05, 4.69) is 12.2 Å². The lowest BCUT2D eigenvalue weighted by Crippen LogP contribution is -2.17. The summed E-state index contributed by atoms with van der Waals surface area (Å²) in [5, 5.41) is 2.80. The molecule has 0 bridgehead atoms. The van der Waals surface area contributed by atoms with Crippen molar-refractivity contribution in [3.05, 3.63) is 69.5 Å². The molecule has 0 saturated heterocycles. The van der Waals surface area contributed by atoms with Gasteiger partial charge in [-0.1, -0.05) is 19.1 Å². The van der Waals surface area contributed by atoms with Crippen molar-refractivity contribution in [3.8, 4) is 5.75 Å².